The zero-order chi connectivity index (χ0) is 15.6. The fourth-order valence-electron chi connectivity index (χ4n) is 4.24. The average Bonchev–Trinajstić information content (AvgIpc) is 2.83. The molecule has 4 nitrogen and oxygen atoms in total. The van der Waals surface area contributed by atoms with E-state index < -0.39 is 0 Å². The zero-order valence-corrected chi connectivity index (χ0v) is 13.4. The number of β-amino-alcohol motifs (C(OH)–C–C–N with tert-alkyl or cyclic N) is 1. The van der Waals surface area contributed by atoms with Gasteiger partial charge in [-0.25, -0.2) is 0 Å². The Kier molecular flexibility index (Phi) is 4.50. The Morgan fingerprint density at radius 2 is 1.91 bits per heavy atom. The second kappa shape index (κ2) is 6.39. The summed E-state index contributed by atoms with van der Waals surface area (Å²) in [6.45, 7) is 5.81. The molecule has 120 valence electrons. The number of aliphatic hydroxyl groups is 1. The second-order valence-corrected chi connectivity index (χ2v) is 6.54. The van der Waals surface area contributed by atoms with Gasteiger partial charge in [-0.15, -0.1) is 0 Å². The third kappa shape index (κ3) is 2.66. The van der Waals surface area contributed by atoms with Gasteiger partial charge in [0, 0.05) is 31.7 Å². The number of aliphatic hydroxyl groups excluding tert-OH is 1. The van der Waals surface area contributed by atoms with E-state index in [0.29, 0.717) is 5.91 Å². The molecule has 1 atom stereocenters. The van der Waals surface area contributed by atoms with Crippen LogP contribution >= 0.6 is 0 Å². The van der Waals surface area contributed by atoms with Gasteiger partial charge in [0.2, 0.25) is 5.91 Å². The molecule has 1 spiro atoms. The molecule has 0 saturated carbocycles. The van der Waals surface area contributed by atoms with E-state index >= 15 is 0 Å². The molecule has 1 N–H and O–H groups in total. The summed E-state index contributed by atoms with van der Waals surface area (Å²) in [5.41, 5.74) is 1.18. The Morgan fingerprint density at radius 1 is 1.23 bits per heavy atom. The van der Waals surface area contributed by atoms with Crippen molar-refractivity contribution in [1.29, 1.82) is 0 Å². The summed E-state index contributed by atoms with van der Waals surface area (Å²) in [7, 11) is 0. The van der Waals surface area contributed by atoms with Crippen molar-refractivity contribution in [2.24, 2.45) is 0 Å². The van der Waals surface area contributed by atoms with Crippen LogP contribution in [0.1, 0.15) is 37.7 Å². The first-order chi connectivity index (χ1) is 10.7. The highest BCUT2D eigenvalue weighted by atomic mass is 16.3. The molecule has 2 aliphatic rings. The standard InChI is InChI=1S/C18H26N2O2/c1-2-20-17(22)16(15-6-4-3-5-7-15)14-18(20)8-10-19(11-9-18)12-13-21/h3-7,16,21H,2,8-14H2,1H3. The molecule has 1 aromatic carbocycles. The molecule has 3 rings (SSSR count). The van der Waals surface area contributed by atoms with Crippen LogP contribution in [0.5, 0.6) is 0 Å². The molecule has 0 aromatic heterocycles. The quantitative estimate of drug-likeness (QED) is 0.923. The predicted molar refractivity (Wildman–Crippen MR) is 86.7 cm³/mol. The first-order valence-electron chi connectivity index (χ1n) is 8.40. The minimum atomic E-state index is 0.0190. The van der Waals surface area contributed by atoms with E-state index in [0.717, 1.165) is 51.0 Å². The molecule has 2 saturated heterocycles. The maximum Gasteiger partial charge on any atom is 0.230 e. The van der Waals surface area contributed by atoms with Crippen molar-refractivity contribution in [2.45, 2.75) is 37.6 Å². The van der Waals surface area contributed by atoms with Crippen LogP contribution in [0.2, 0.25) is 0 Å². The van der Waals surface area contributed by atoms with E-state index in [9.17, 15) is 4.79 Å². The summed E-state index contributed by atoms with van der Waals surface area (Å²) in [5.74, 6) is 0.315. The number of likely N-dealkylation sites (tertiary alicyclic amines) is 2. The van der Waals surface area contributed by atoms with Gasteiger partial charge in [-0.05, 0) is 31.7 Å². The van der Waals surface area contributed by atoms with Crippen molar-refractivity contribution in [3.05, 3.63) is 35.9 Å². The topological polar surface area (TPSA) is 43.8 Å². The number of hydrogen-bond donors (Lipinski definition) is 1. The summed E-state index contributed by atoms with van der Waals surface area (Å²) in [6, 6.07) is 10.2. The maximum atomic E-state index is 12.9. The van der Waals surface area contributed by atoms with Crippen molar-refractivity contribution in [3.8, 4) is 0 Å². The van der Waals surface area contributed by atoms with Crippen molar-refractivity contribution in [2.75, 3.05) is 32.8 Å². The van der Waals surface area contributed by atoms with E-state index in [1.54, 1.807) is 0 Å². The lowest BCUT2D eigenvalue weighted by Crippen LogP contribution is -2.53. The van der Waals surface area contributed by atoms with Crippen LogP contribution in [0.15, 0.2) is 30.3 Å². The fourth-order valence-corrected chi connectivity index (χ4v) is 4.24. The normalized spacial score (nSPS) is 25.1. The molecule has 0 aliphatic carbocycles. The lowest BCUT2D eigenvalue weighted by molar-refractivity contribution is -0.133. The molecular formula is C18H26N2O2. The van der Waals surface area contributed by atoms with Crippen LogP contribution in [0.4, 0.5) is 0 Å². The number of likely N-dealkylation sites (N-methyl/N-ethyl adjacent to an activating group) is 1. The highest BCUT2D eigenvalue weighted by Gasteiger charge is 2.51. The summed E-state index contributed by atoms with van der Waals surface area (Å²) in [4.78, 5) is 17.3. The summed E-state index contributed by atoms with van der Waals surface area (Å²) in [5, 5.41) is 9.10. The van der Waals surface area contributed by atoms with Gasteiger partial charge >= 0.3 is 0 Å². The number of benzene rings is 1. The van der Waals surface area contributed by atoms with Crippen LogP contribution in [-0.4, -0.2) is 59.1 Å². The third-order valence-corrected chi connectivity index (χ3v) is 5.44. The van der Waals surface area contributed by atoms with E-state index in [-0.39, 0.29) is 18.1 Å². The lowest BCUT2D eigenvalue weighted by Gasteiger charge is -2.44. The predicted octanol–water partition coefficient (Wildman–Crippen LogP) is 1.85. The van der Waals surface area contributed by atoms with Gasteiger partial charge in [0.15, 0.2) is 0 Å². The number of rotatable bonds is 4. The molecule has 2 heterocycles. The van der Waals surface area contributed by atoms with Crippen LogP contribution in [0, 0.1) is 0 Å². The van der Waals surface area contributed by atoms with Crippen molar-refractivity contribution >= 4 is 5.91 Å². The monoisotopic (exact) mass is 302 g/mol. The number of carbonyl (C=O) groups excluding carboxylic acids is 1. The molecule has 4 heteroatoms. The highest BCUT2D eigenvalue weighted by molar-refractivity contribution is 5.87. The van der Waals surface area contributed by atoms with Gasteiger partial charge in [-0.2, -0.15) is 0 Å². The SMILES string of the molecule is CCN1C(=O)C(c2ccccc2)CC12CCN(CCO)CC2. The summed E-state index contributed by atoms with van der Waals surface area (Å²) >= 11 is 0. The number of piperidine rings is 1. The van der Waals surface area contributed by atoms with Crippen molar-refractivity contribution in [3.63, 3.8) is 0 Å². The molecule has 22 heavy (non-hydrogen) atoms. The van der Waals surface area contributed by atoms with Crippen molar-refractivity contribution in [1.82, 2.24) is 9.80 Å². The zero-order valence-electron chi connectivity index (χ0n) is 13.4. The van der Waals surface area contributed by atoms with Crippen LogP contribution < -0.4 is 0 Å². The van der Waals surface area contributed by atoms with Crippen LogP contribution in [0.25, 0.3) is 0 Å². The van der Waals surface area contributed by atoms with E-state index in [1.165, 1.54) is 0 Å². The first-order valence-corrected chi connectivity index (χ1v) is 8.40. The van der Waals surface area contributed by atoms with Gasteiger partial charge < -0.3 is 14.9 Å². The number of carbonyl (C=O) groups is 1. The Balaban J connectivity index is 1.79. The average molecular weight is 302 g/mol. The fraction of sp³-hybridized carbons (Fsp3) is 0.611. The van der Waals surface area contributed by atoms with Gasteiger partial charge in [0.05, 0.1) is 12.5 Å². The lowest BCUT2D eigenvalue weighted by atomic mass is 9.81. The van der Waals surface area contributed by atoms with Gasteiger partial charge in [0.1, 0.15) is 0 Å². The molecule has 1 amide bonds. The molecule has 1 aromatic rings. The Hall–Kier alpha value is -1.39. The molecule has 2 aliphatic heterocycles. The molecular weight excluding hydrogens is 276 g/mol. The maximum absolute atomic E-state index is 12.9. The smallest absolute Gasteiger partial charge is 0.230 e. The van der Waals surface area contributed by atoms with Crippen molar-refractivity contribution < 1.29 is 9.90 Å². The van der Waals surface area contributed by atoms with E-state index in [4.69, 9.17) is 5.11 Å². The Morgan fingerprint density at radius 3 is 2.50 bits per heavy atom. The van der Waals surface area contributed by atoms with Crippen LogP contribution in [-0.2, 0) is 4.79 Å². The van der Waals surface area contributed by atoms with Gasteiger partial charge in [-0.3, -0.25) is 4.79 Å². The largest absolute Gasteiger partial charge is 0.395 e. The summed E-state index contributed by atoms with van der Waals surface area (Å²) in [6.07, 6.45) is 2.99. The van der Waals surface area contributed by atoms with E-state index in [2.05, 4.69) is 28.9 Å². The number of nitrogens with zero attached hydrogens (tertiary/aromatic N) is 2. The molecule has 2 fully saturated rings. The third-order valence-electron chi connectivity index (χ3n) is 5.44. The Bertz CT molecular complexity index is 509. The van der Waals surface area contributed by atoms with Gasteiger partial charge in [-0.1, -0.05) is 30.3 Å². The number of hydrogen-bond acceptors (Lipinski definition) is 3. The van der Waals surface area contributed by atoms with E-state index in [1.807, 2.05) is 18.2 Å². The first kappa shape index (κ1) is 15.5. The second-order valence-electron chi connectivity index (χ2n) is 6.54. The number of amides is 1. The molecule has 0 radical (unpaired) electrons. The van der Waals surface area contributed by atoms with Crippen LogP contribution in [0.3, 0.4) is 0 Å². The minimum absolute atomic E-state index is 0.0190. The molecule has 1 unspecified atom stereocenters. The summed E-state index contributed by atoms with van der Waals surface area (Å²) < 4.78 is 0. The minimum Gasteiger partial charge on any atom is -0.395 e. The highest BCUT2D eigenvalue weighted by Crippen LogP contribution is 2.45. The Labute approximate surface area is 132 Å². The molecule has 0 bridgehead atoms. The van der Waals surface area contributed by atoms with Gasteiger partial charge in [0.25, 0.3) is 0 Å².